The van der Waals surface area contributed by atoms with Crippen molar-refractivity contribution in [2.24, 2.45) is 0 Å². The fourth-order valence-corrected chi connectivity index (χ4v) is 0.721. The number of hydrogen-bond acceptors (Lipinski definition) is 3. The Hall–Kier alpha value is -0.960. The van der Waals surface area contributed by atoms with Crippen LogP contribution in [0.1, 0.15) is 6.92 Å². The molecule has 0 heterocycles. The van der Waals surface area contributed by atoms with Crippen LogP contribution in [0.15, 0.2) is 23.7 Å². The van der Waals surface area contributed by atoms with Gasteiger partial charge in [0.1, 0.15) is 18.1 Å². The molecule has 70 valence electrons. The molecule has 0 unspecified atom stereocenters. The third-order valence-corrected chi connectivity index (χ3v) is 1.37. The molecule has 3 nitrogen and oxygen atoms in total. The smallest absolute Gasteiger partial charge is 0.125 e. The largest absolute Gasteiger partial charge is 0.499 e. The second kappa shape index (κ2) is 6.73. The highest BCUT2D eigenvalue weighted by atomic mass is 16.5. The molecule has 0 aliphatic rings. The third kappa shape index (κ3) is 4.03. The lowest BCUT2D eigenvalue weighted by Crippen LogP contribution is -1.97. The van der Waals surface area contributed by atoms with Crippen LogP contribution in [0.2, 0.25) is 0 Å². The van der Waals surface area contributed by atoms with Gasteiger partial charge in [-0.05, 0) is 13.0 Å². The van der Waals surface area contributed by atoms with E-state index in [9.17, 15) is 0 Å². The quantitative estimate of drug-likeness (QED) is 0.466. The Morgan fingerprint density at radius 3 is 2.17 bits per heavy atom. The van der Waals surface area contributed by atoms with Gasteiger partial charge >= 0.3 is 0 Å². The SMILES string of the molecule is CC=C(C=C(COC)OC)OC. The molecule has 0 aromatic heterocycles. The zero-order chi connectivity index (χ0) is 9.40. The molecule has 0 radical (unpaired) electrons. The van der Waals surface area contributed by atoms with Crippen molar-refractivity contribution in [1.29, 1.82) is 0 Å². The van der Waals surface area contributed by atoms with Crippen molar-refractivity contribution in [1.82, 2.24) is 0 Å². The van der Waals surface area contributed by atoms with Crippen LogP contribution in [0.5, 0.6) is 0 Å². The number of ether oxygens (including phenoxy) is 3. The minimum Gasteiger partial charge on any atom is -0.499 e. The molecular weight excluding hydrogens is 156 g/mol. The minimum atomic E-state index is 0.456. The summed E-state index contributed by atoms with van der Waals surface area (Å²) >= 11 is 0. The van der Waals surface area contributed by atoms with Gasteiger partial charge in [0.05, 0.1) is 14.2 Å². The predicted molar refractivity (Wildman–Crippen MR) is 47.7 cm³/mol. The van der Waals surface area contributed by atoms with Crippen LogP contribution in [0.25, 0.3) is 0 Å². The van der Waals surface area contributed by atoms with E-state index >= 15 is 0 Å². The summed E-state index contributed by atoms with van der Waals surface area (Å²) in [6, 6.07) is 0. The van der Waals surface area contributed by atoms with E-state index in [2.05, 4.69) is 0 Å². The van der Waals surface area contributed by atoms with E-state index in [0.29, 0.717) is 6.61 Å². The van der Waals surface area contributed by atoms with Crippen LogP contribution >= 0.6 is 0 Å². The molecule has 12 heavy (non-hydrogen) atoms. The maximum atomic E-state index is 5.04. The predicted octanol–water partition coefficient (Wildman–Crippen LogP) is 1.71. The van der Waals surface area contributed by atoms with Crippen LogP contribution in [0.4, 0.5) is 0 Å². The average molecular weight is 172 g/mol. The number of methoxy groups -OCH3 is 3. The fourth-order valence-electron chi connectivity index (χ4n) is 0.721. The first-order valence-electron chi connectivity index (χ1n) is 3.72. The van der Waals surface area contributed by atoms with E-state index in [4.69, 9.17) is 14.2 Å². The molecule has 0 spiro atoms. The summed E-state index contributed by atoms with van der Waals surface area (Å²) in [6.07, 6.45) is 3.65. The van der Waals surface area contributed by atoms with Gasteiger partial charge in [-0.25, -0.2) is 0 Å². The molecule has 0 N–H and O–H groups in total. The highest BCUT2D eigenvalue weighted by molar-refractivity contribution is 5.14. The lowest BCUT2D eigenvalue weighted by molar-refractivity contribution is 0.157. The van der Waals surface area contributed by atoms with E-state index in [0.717, 1.165) is 11.5 Å². The normalized spacial score (nSPS) is 13.0. The van der Waals surface area contributed by atoms with Crippen molar-refractivity contribution in [3.8, 4) is 0 Å². The van der Waals surface area contributed by atoms with Gasteiger partial charge in [0.25, 0.3) is 0 Å². The molecule has 0 saturated carbocycles. The maximum absolute atomic E-state index is 5.04. The highest BCUT2D eigenvalue weighted by Crippen LogP contribution is 2.04. The molecule has 0 atom stereocenters. The average Bonchev–Trinajstić information content (AvgIpc) is 2.12. The first kappa shape index (κ1) is 11.0. The Morgan fingerprint density at radius 2 is 1.83 bits per heavy atom. The lowest BCUT2D eigenvalue weighted by Gasteiger charge is -2.05. The molecule has 0 saturated heterocycles. The topological polar surface area (TPSA) is 27.7 Å². The van der Waals surface area contributed by atoms with Crippen molar-refractivity contribution in [2.75, 3.05) is 27.9 Å². The van der Waals surface area contributed by atoms with Crippen molar-refractivity contribution < 1.29 is 14.2 Å². The molecule has 0 amide bonds. The second-order valence-electron chi connectivity index (χ2n) is 2.14. The number of hydrogen-bond donors (Lipinski definition) is 0. The monoisotopic (exact) mass is 172 g/mol. The van der Waals surface area contributed by atoms with Crippen molar-refractivity contribution >= 4 is 0 Å². The molecule has 0 aromatic carbocycles. The third-order valence-electron chi connectivity index (χ3n) is 1.37. The minimum absolute atomic E-state index is 0.456. The Bertz CT molecular complexity index is 171. The summed E-state index contributed by atoms with van der Waals surface area (Å²) in [7, 11) is 4.84. The van der Waals surface area contributed by atoms with E-state index in [1.54, 1.807) is 27.4 Å². The fraction of sp³-hybridized carbons (Fsp3) is 0.556. The Morgan fingerprint density at radius 1 is 1.17 bits per heavy atom. The van der Waals surface area contributed by atoms with Crippen LogP contribution in [0, 0.1) is 0 Å². The van der Waals surface area contributed by atoms with Gasteiger partial charge in [0.2, 0.25) is 0 Å². The van der Waals surface area contributed by atoms with Crippen LogP contribution in [-0.2, 0) is 14.2 Å². The summed E-state index contributed by atoms with van der Waals surface area (Å²) in [4.78, 5) is 0. The van der Waals surface area contributed by atoms with Gasteiger partial charge in [-0.3, -0.25) is 0 Å². The molecule has 0 bridgehead atoms. The Labute approximate surface area is 73.6 Å². The van der Waals surface area contributed by atoms with Gasteiger partial charge in [-0.15, -0.1) is 0 Å². The molecule has 0 aliphatic carbocycles. The summed E-state index contributed by atoms with van der Waals surface area (Å²) in [5, 5.41) is 0. The van der Waals surface area contributed by atoms with Gasteiger partial charge in [0, 0.05) is 13.2 Å². The summed E-state index contributed by atoms with van der Waals surface area (Å²) in [5.74, 6) is 1.51. The molecular formula is C9H16O3. The first-order chi connectivity index (χ1) is 5.78. The van der Waals surface area contributed by atoms with Crippen LogP contribution < -0.4 is 0 Å². The zero-order valence-electron chi connectivity index (χ0n) is 8.09. The summed E-state index contributed by atoms with van der Waals surface area (Å²) < 4.78 is 15.0. The van der Waals surface area contributed by atoms with E-state index < -0.39 is 0 Å². The van der Waals surface area contributed by atoms with E-state index in [1.165, 1.54) is 0 Å². The van der Waals surface area contributed by atoms with Gasteiger partial charge in [0.15, 0.2) is 0 Å². The molecule has 0 aliphatic heterocycles. The Balaban J connectivity index is 4.24. The lowest BCUT2D eigenvalue weighted by atomic mass is 10.4. The standard InChI is InChI=1S/C9H16O3/c1-5-8(11-3)6-9(12-4)7-10-2/h5-6H,7H2,1-4H3. The first-order valence-corrected chi connectivity index (χ1v) is 3.72. The summed E-state index contributed by atoms with van der Waals surface area (Å²) in [5.41, 5.74) is 0. The van der Waals surface area contributed by atoms with Gasteiger partial charge in [-0.2, -0.15) is 0 Å². The molecule has 0 rings (SSSR count). The van der Waals surface area contributed by atoms with Crippen molar-refractivity contribution in [3.05, 3.63) is 23.7 Å². The van der Waals surface area contributed by atoms with Crippen molar-refractivity contribution in [3.63, 3.8) is 0 Å². The number of rotatable bonds is 5. The molecule has 3 heteroatoms. The summed E-state index contributed by atoms with van der Waals surface area (Å²) in [6.45, 7) is 2.35. The second-order valence-corrected chi connectivity index (χ2v) is 2.14. The Kier molecular flexibility index (Phi) is 6.19. The van der Waals surface area contributed by atoms with Crippen LogP contribution in [0.3, 0.4) is 0 Å². The van der Waals surface area contributed by atoms with Crippen LogP contribution in [-0.4, -0.2) is 27.9 Å². The highest BCUT2D eigenvalue weighted by Gasteiger charge is 1.96. The van der Waals surface area contributed by atoms with Gasteiger partial charge < -0.3 is 14.2 Å². The van der Waals surface area contributed by atoms with Crippen molar-refractivity contribution in [2.45, 2.75) is 6.92 Å². The van der Waals surface area contributed by atoms with E-state index in [-0.39, 0.29) is 0 Å². The number of allylic oxidation sites excluding steroid dienone is 2. The maximum Gasteiger partial charge on any atom is 0.125 e. The van der Waals surface area contributed by atoms with Gasteiger partial charge in [-0.1, -0.05) is 0 Å². The molecule has 0 fully saturated rings. The zero-order valence-corrected chi connectivity index (χ0v) is 8.09. The van der Waals surface area contributed by atoms with E-state index in [1.807, 2.05) is 13.0 Å². The molecule has 0 aromatic rings.